The van der Waals surface area contributed by atoms with Crippen LogP contribution < -0.4 is 15.8 Å². The maximum Gasteiger partial charge on any atom is 0.344 e. The van der Waals surface area contributed by atoms with E-state index >= 15 is 0 Å². The molecule has 28 heavy (non-hydrogen) atoms. The van der Waals surface area contributed by atoms with Gasteiger partial charge in [0.15, 0.2) is 0 Å². The number of aryl methyl sites for hydroxylation is 1. The molecule has 3 aromatic heterocycles. The quantitative estimate of drug-likeness (QED) is 0.546. The number of aromatic nitrogens is 2. The first kappa shape index (κ1) is 17.0. The monoisotopic (exact) mass is 374 g/mol. The second-order valence-electron chi connectivity index (χ2n) is 7.33. The fourth-order valence-corrected chi connectivity index (χ4v) is 3.88. The van der Waals surface area contributed by atoms with E-state index in [9.17, 15) is 4.79 Å². The molecule has 1 N–H and O–H groups in total. The molecule has 6 heteroatoms. The van der Waals surface area contributed by atoms with Crippen LogP contribution in [0, 0.1) is 6.92 Å². The molecule has 142 valence electrons. The summed E-state index contributed by atoms with van der Waals surface area (Å²) in [6.45, 7) is 5.93. The van der Waals surface area contributed by atoms with Crippen molar-refractivity contribution in [1.82, 2.24) is 14.7 Å². The van der Waals surface area contributed by atoms with Gasteiger partial charge in [0.05, 0.1) is 11.3 Å². The van der Waals surface area contributed by atoms with Crippen LogP contribution >= 0.6 is 0 Å². The van der Waals surface area contributed by atoms with Gasteiger partial charge in [-0.15, -0.1) is 0 Å². The van der Waals surface area contributed by atoms with Crippen molar-refractivity contribution in [2.45, 2.75) is 13.3 Å². The fraction of sp³-hybridized carbons (Fsp3) is 0.273. The average molecular weight is 374 g/mol. The highest BCUT2D eigenvalue weighted by Gasteiger charge is 2.13. The Morgan fingerprint density at radius 3 is 2.93 bits per heavy atom. The highest BCUT2D eigenvalue weighted by Crippen LogP contribution is 2.26. The summed E-state index contributed by atoms with van der Waals surface area (Å²) < 4.78 is 7.64. The summed E-state index contributed by atoms with van der Waals surface area (Å²) in [6, 6.07) is 11.9. The van der Waals surface area contributed by atoms with Crippen molar-refractivity contribution < 1.29 is 4.42 Å². The third kappa shape index (κ3) is 3.05. The van der Waals surface area contributed by atoms with Crippen molar-refractivity contribution >= 4 is 22.3 Å². The van der Waals surface area contributed by atoms with E-state index in [-0.39, 0.29) is 5.63 Å². The first-order chi connectivity index (χ1) is 13.7. The summed E-state index contributed by atoms with van der Waals surface area (Å²) in [6.07, 6.45) is 4.98. The van der Waals surface area contributed by atoms with Crippen molar-refractivity contribution in [2.24, 2.45) is 0 Å². The molecule has 0 amide bonds. The van der Waals surface area contributed by atoms with Gasteiger partial charge in [0, 0.05) is 54.7 Å². The second-order valence-corrected chi connectivity index (χ2v) is 7.33. The van der Waals surface area contributed by atoms with Gasteiger partial charge in [-0.3, -0.25) is 0 Å². The number of nitrogens with zero attached hydrogens (tertiary/aromatic N) is 3. The largest absolute Gasteiger partial charge is 0.422 e. The molecule has 5 rings (SSSR count). The number of imidazole rings is 1. The van der Waals surface area contributed by atoms with Gasteiger partial charge in [-0.05, 0) is 50.2 Å². The fourth-order valence-electron chi connectivity index (χ4n) is 3.88. The summed E-state index contributed by atoms with van der Waals surface area (Å²) >= 11 is 0. The number of benzene rings is 1. The van der Waals surface area contributed by atoms with Crippen LogP contribution in [0.2, 0.25) is 0 Å². The van der Waals surface area contributed by atoms with Crippen molar-refractivity contribution in [3.8, 4) is 11.1 Å². The van der Waals surface area contributed by atoms with Crippen molar-refractivity contribution in [3.05, 3.63) is 64.9 Å². The van der Waals surface area contributed by atoms with Gasteiger partial charge in [-0.2, -0.15) is 0 Å². The summed E-state index contributed by atoms with van der Waals surface area (Å²) in [5.41, 5.74) is 4.60. The zero-order chi connectivity index (χ0) is 19.1. The highest BCUT2D eigenvalue weighted by molar-refractivity contribution is 5.84. The molecule has 1 fully saturated rings. The molecule has 1 aromatic carbocycles. The Kier molecular flexibility index (Phi) is 4.13. The van der Waals surface area contributed by atoms with E-state index in [2.05, 4.69) is 21.3 Å². The molecular weight excluding hydrogens is 352 g/mol. The van der Waals surface area contributed by atoms with E-state index in [1.807, 2.05) is 54.0 Å². The van der Waals surface area contributed by atoms with Gasteiger partial charge >= 0.3 is 5.63 Å². The zero-order valence-electron chi connectivity index (χ0n) is 15.8. The lowest BCUT2D eigenvalue weighted by molar-refractivity contribution is 0.563. The Balaban J connectivity index is 1.56. The van der Waals surface area contributed by atoms with Crippen molar-refractivity contribution in [3.63, 3.8) is 0 Å². The minimum absolute atomic E-state index is 0.321. The molecule has 0 radical (unpaired) electrons. The number of pyridine rings is 1. The second kappa shape index (κ2) is 6.80. The Hall–Kier alpha value is -3.12. The minimum Gasteiger partial charge on any atom is -0.422 e. The van der Waals surface area contributed by atoms with Crippen LogP contribution in [0.25, 0.3) is 27.7 Å². The lowest BCUT2D eigenvalue weighted by Crippen LogP contribution is -2.27. The third-order valence-corrected chi connectivity index (χ3v) is 5.31. The summed E-state index contributed by atoms with van der Waals surface area (Å²) in [7, 11) is 0. The molecule has 0 aliphatic carbocycles. The van der Waals surface area contributed by atoms with E-state index in [1.54, 1.807) is 0 Å². The Morgan fingerprint density at radius 1 is 1.07 bits per heavy atom. The standard InChI is InChI=1S/C22H22N4O2/c1-15-13-26-14-17(4-6-21(26)24-15)19-11-16-3-5-18(12-20(16)28-22(19)27)25-9-2-7-23-8-10-25/h3-6,11-14,23H,2,7-10H2,1H3. The number of hydrogen-bond donors (Lipinski definition) is 1. The van der Waals surface area contributed by atoms with E-state index in [1.165, 1.54) is 0 Å². The Labute approximate surface area is 162 Å². The van der Waals surface area contributed by atoms with E-state index < -0.39 is 0 Å². The molecule has 0 unspecified atom stereocenters. The van der Waals surface area contributed by atoms with Crippen LogP contribution in [0.5, 0.6) is 0 Å². The first-order valence-corrected chi connectivity index (χ1v) is 9.67. The molecule has 0 bridgehead atoms. The number of fused-ring (bicyclic) bond motifs is 2. The molecule has 0 saturated carbocycles. The van der Waals surface area contributed by atoms with E-state index in [0.29, 0.717) is 11.1 Å². The molecule has 1 saturated heterocycles. The van der Waals surface area contributed by atoms with E-state index in [0.717, 1.165) is 60.6 Å². The molecule has 1 aliphatic heterocycles. The molecular formula is C22H22N4O2. The molecule has 4 heterocycles. The summed E-state index contributed by atoms with van der Waals surface area (Å²) in [5, 5.41) is 4.34. The minimum atomic E-state index is -0.321. The van der Waals surface area contributed by atoms with Crippen molar-refractivity contribution in [1.29, 1.82) is 0 Å². The van der Waals surface area contributed by atoms with Gasteiger partial charge < -0.3 is 19.0 Å². The number of nitrogens with one attached hydrogen (secondary N) is 1. The van der Waals surface area contributed by atoms with Crippen molar-refractivity contribution in [2.75, 3.05) is 31.1 Å². The SMILES string of the molecule is Cc1cn2cc(-c3cc4ccc(N5CCCNCC5)cc4oc3=O)ccc2n1. The van der Waals surface area contributed by atoms with Gasteiger partial charge in [0.2, 0.25) is 0 Å². The maximum atomic E-state index is 12.7. The lowest BCUT2D eigenvalue weighted by atomic mass is 10.1. The predicted molar refractivity (Wildman–Crippen MR) is 111 cm³/mol. The van der Waals surface area contributed by atoms with Crippen LogP contribution in [0.4, 0.5) is 5.69 Å². The molecule has 0 atom stereocenters. The Morgan fingerprint density at radius 2 is 2.00 bits per heavy atom. The highest BCUT2D eigenvalue weighted by atomic mass is 16.4. The first-order valence-electron chi connectivity index (χ1n) is 9.67. The smallest absolute Gasteiger partial charge is 0.344 e. The van der Waals surface area contributed by atoms with Crippen LogP contribution in [-0.4, -0.2) is 35.6 Å². The topological polar surface area (TPSA) is 62.8 Å². The normalized spacial score (nSPS) is 15.2. The van der Waals surface area contributed by atoms with Crippen LogP contribution in [0.3, 0.4) is 0 Å². The average Bonchev–Trinajstić information content (AvgIpc) is 2.89. The Bertz CT molecular complexity index is 1220. The van der Waals surface area contributed by atoms with Gasteiger partial charge in [-0.1, -0.05) is 0 Å². The van der Waals surface area contributed by atoms with Gasteiger partial charge in [0.1, 0.15) is 11.2 Å². The van der Waals surface area contributed by atoms with Gasteiger partial charge in [0.25, 0.3) is 0 Å². The molecule has 1 aliphatic rings. The third-order valence-electron chi connectivity index (χ3n) is 5.31. The van der Waals surface area contributed by atoms with Crippen LogP contribution in [0.1, 0.15) is 12.1 Å². The molecule has 6 nitrogen and oxygen atoms in total. The predicted octanol–water partition coefficient (Wildman–Crippen LogP) is 3.22. The molecule has 0 spiro atoms. The summed E-state index contributed by atoms with van der Waals surface area (Å²) in [5.74, 6) is 0. The maximum absolute atomic E-state index is 12.7. The lowest BCUT2D eigenvalue weighted by Gasteiger charge is -2.22. The summed E-state index contributed by atoms with van der Waals surface area (Å²) in [4.78, 5) is 19.5. The molecule has 4 aromatic rings. The number of anilines is 1. The van der Waals surface area contributed by atoms with E-state index in [4.69, 9.17) is 4.42 Å². The van der Waals surface area contributed by atoms with Crippen LogP contribution in [0.15, 0.2) is 58.0 Å². The zero-order valence-corrected chi connectivity index (χ0v) is 15.8. The number of hydrogen-bond acceptors (Lipinski definition) is 5. The van der Waals surface area contributed by atoms with Crippen LogP contribution in [-0.2, 0) is 0 Å². The number of rotatable bonds is 2. The van der Waals surface area contributed by atoms with Gasteiger partial charge in [-0.25, -0.2) is 9.78 Å².